The van der Waals surface area contributed by atoms with E-state index >= 15 is 0 Å². The highest BCUT2D eigenvalue weighted by atomic mass is 35.5. The monoisotopic (exact) mass is 239 g/mol. The zero-order valence-corrected chi connectivity index (χ0v) is 10.4. The highest BCUT2D eigenvalue weighted by Crippen LogP contribution is 2.41. The van der Waals surface area contributed by atoms with Gasteiger partial charge in [-0.2, -0.15) is 0 Å². The number of fused-ring (bicyclic) bond motifs is 2. The molecule has 0 radical (unpaired) electrons. The minimum atomic E-state index is 0. The number of halogens is 1. The van der Waals surface area contributed by atoms with Crippen LogP contribution in [0.4, 0.5) is 0 Å². The lowest BCUT2D eigenvalue weighted by atomic mass is 9.78. The summed E-state index contributed by atoms with van der Waals surface area (Å²) in [6.45, 7) is 4.26. The number of piperidine rings is 1. The second-order valence-electron chi connectivity index (χ2n) is 4.85. The topological polar surface area (TPSA) is 37.8 Å². The molecule has 1 aliphatic heterocycles. The van der Waals surface area contributed by atoms with Gasteiger partial charge in [0.25, 0.3) is 0 Å². The summed E-state index contributed by atoms with van der Waals surface area (Å²) in [5.41, 5.74) is 3.05. The Kier molecular flexibility index (Phi) is 3.17. The molecular weight excluding hydrogens is 222 g/mol. The Morgan fingerprint density at radius 3 is 3.00 bits per heavy atom. The second-order valence-corrected chi connectivity index (χ2v) is 4.85. The third-order valence-corrected chi connectivity index (χ3v) is 3.83. The largest absolute Gasteiger partial charge is 0.316 e. The van der Waals surface area contributed by atoms with Crippen molar-refractivity contribution < 1.29 is 0 Å². The van der Waals surface area contributed by atoms with Gasteiger partial charge in [0.1, 0.15) is 5.82 Å². The molecule has 1 spiro atoms. The van der Waals surface area contributed by atoms with E-state index in [1.807, 2.05) is 13.1 Å². The molecule has 0 amide bonds. The molecule has 3 nitrogen and oxygen atoms in total. The Bertz CT molecular complexity index is 380. The van der Waals surface area contributed by atoms with Gasteiger partial charge in [-0.3, -0.25) is 0 Å². The van der Waals surface area contributed by atoms with E-state index in [0.29, 0.717) is 5.41 Å². The van der Waals surface area contributed by atoms with Crippen LogP contribution in [0.15, 0.2) is 6.20 Å². The fourth-order valence-electron chi connectivity index (χ4n) is 3.01. The molecule has 0 aromatic carbocycles. The Hall–Kier alpha value is -0.670. The van der Waals surface area contributed by atoms with E-state index in [0.717, 1.165) is 18.8 Å². The average Bonchev–Trinajstić information content (AvgIpc) is 2.59. The van der Waals surface area contributed by atoms with E-state index in [1.54, 1.807) is 0 Å². The molecule has 1 atom stereocenters. The van der Waals surface area contributed by atoms with Crippen LogP contribution >= 0.6 is 12.4 Å². The molecule has 3 rings (SSSR count). The highest BCUT2D eigenvalue weighted by molar-refractivity contribution is 5.85. The van der Waals surface area contributed by atoms with Crippen molar-refractivity contribution in [3.8, 4) is 0 Å². The lowest BCUT2D eigenvalue weighted by molar-refractivity contribution is 0.305. The van der Waals surface area contributed by atoms with Gasteiger partial charge in [-0.05, 0) is 44.7 Å². The van der Waals surface area contributed by atoms with Crippen molar-refractivity contribution >= 4 is 12.4 Å². The fraction of sp³-hybridized carbons (Fsp3) is 0.667. The van der Waals surface area contributed by atoms with E-state index in [2.05, 4.69) is 15.3 Å². The zero-order chi connectivity index (χ0) is 10.3. The summed E-state index contributed by atoms with van der Waals surface area (Å²) in [6.07, 6.45) is 7.03. The summed E-state index contributed by atoms with van der Waals surface area (Å²) in [5, 5.41) is 3.52. The third kappa shape index (κ3) is 1.72. The van der Waals surface area contributed by atoms with Crippen LogP contribution in [-0.2, 0) is 11.8 Å². The van der Waals surface area contributed by atoms with Crippen molar-refractivity contribution in [2.75, 3.05) is 13.1 Å². The van der Waals surface area contributed by atoms with Crippen molar-refractivity contribution in [1.82, 2.24) is 15.3 Å². The van der Waals surface area contributed by atoms with Gasteiger partial charge >= 0.3 is 0 Å². The molecule has 2 heterocycles. The third-order valence-electron chi connectivity index (χ3n) is 3.83. The first-order valence-corrected chi connectivity index (χ1v) is 5.84. The van der Waals surface area contributed by atoms with Crippen LogP contribution in [0.25, 0.3) is 0 Å². The van der Waals surface area contributed by atoms with Gasteiger partial charge in [0.05, 0.1) is 5.69 Å². The first-order chi connectivity index (χ1) is 7.30. The highest BCUT2D eigenvalue weighted by Gasteiger charge is 2.41. The van der Waals surface area contributed by atoms with Crippen LogP contribution in [0.3, 0.4) is 0 Å². The molecule has 1 unspecified atom stereocenters. The molecule has 1 aromatic heterocycles. The predicted octanol–water partition coefficient (Wildman–Crippen LogP) is 1.77. The Morgan fingerprint density at radius 1 is 1.38 bits per heavy atom. The zero-order valence-electron chi connectivity index (χ0n) is 9.62. The van der Waals surface area contributed by atoms with E-state index < -0.39 is 0 Å². The van der Waals surface area contributed by atoms with Gasteiger partial charge in [0.2, 0.25) is 0 Å². The van der Waals surface area contributed by atoms with E-state index in [-0.39, 0.29) is 12.4 Å². The number of nitrogens with one attached hydrogen (secondary N) is 1. The molecule has 1 fully saturated rings. The van der Waals surface area contributed by atoms with E-state index in [1.165, 1.54) is 37.1 Å². The van der Waals surface area contributed by atoms with Gasteiger partial charge in [0, 0.05) is 18.2 Å². The molecule has 0 bridgehead atoms. The normalized spacial score (nSPS) is 27.6. The lowest BCUT2D eigenvalue weighted by Crippen LogP contribution is -2.42. The first-order valence-electron chi connectivity index (χ1n) is 5.84. The molecule has 0 saturated carbocycles. The fourth-order valence-corrected chi connectivity index (χ4v) is 3.01. The van der Waals surface area contributed by atoms with Crippen LogP contribution in [0.5, 0.6) is 0 Å². The Balaban J connectivity index is 0.000000963. The van der Waals surface area contributed by atoms with Gasteiger partial charge in [-0.25, -0.2) is 9.97 Å². The summed E-state index contributed by atoms with van der Waals surface area (Å²) in [6, 6.07) is 0. The Labute approximate surface area is 102 Å². The number of hydrogen-bond donors (Lipinski definition) is 1. The van der Waals surface area contributed by atoms with Crippen molar-refractivity contribution in [2.24, 2.45) is 0 Å². The predicted molar refractivity (Wildman–Crippen MR) is 66.1 cm³/mol. The van der Waals surface area contributed by atoms with Crippen LogP contribution in [-0.4, -0.2) is 23.1 Å². The van der Waals surface area contributed by atoms with Crippen molar-refractivity contribution in [3.63, 3.8) is 0 Å². The first kappa shape index (κ1) is 11.8. The van der Waals surface area contributed by atoms with Crippen LogP contribution in [0.1, 0.15) is 36.3 Å². The molecule has 1 saturated heterocycles. The number of rotatable bonds is 0. The van der Waals surface area contributed by atoms with Crippen molar-refractivity contribution in [1.29, 1.82) is 0 Å². The standard InChI is InChI=1S/C12H17N3.ClH/c1-9-14-7-10-3-5-12(11(10)15-9)4-2-6-13-8-12;/h7,13H,2-6,8H2,1H3;1H. The summed E-state index contributed by atoms with van der Waals surface area (Å²) in [5.74, 6) is 0.917. The summed E-state index contributed by atoms with van der Waals surface area (Å²) in [4.78, 5) is 8.98. The minimum Gasteiger partial charge on any atom is -0.316 e. The molecule has 88 valence electrons. The number of nitrogens with zero attached hydrogens (tertiary/aromatic N) is 2. The molecular formula is C12H18ClN3. The van der Waals surface area contributed by atoms with Crippen LogP contribution in [0.2, 0.25) is 0 Å². The smallest absolute Gasteiger partial charge is 0.125 e. The summed E-state index contributed by atoms with van der Waals surface area (Å²) >= 11 is 0. The Morgan fingerprint density at radius 2 is 2.25 bits per heavy atom. The minimum absolute atomic E-state index is 0. The maximum Gasteiger partial charge on any atom is 0.125 e. The van der Waals surface area contributed by atoms with Crippen molar-refractivity contribution in [2.45, 2.75) is 38.0 Å². The number of aryl methyl sites for hydroxylation is 2. The molecule has 1 aromatic rings. The van der Waals surface area contributed by atoms with Crippen LogP contribution in [0, 0.1) is 6.92 Å². The molecule has 4 heteroatoms. The van der Waals surface area contributed by atoms with Crippen LogP contribution < -0.4 is 5.32 Å². The van der Waals surface area contributed by atoms with Gasteiger partial charge in [-0.1, -0.05) is 0 Å². The summed E-state index contributed by atoms with van der Waals surface area (Å²) in [7, 11) is 0. The second kappa shape index (κ2) is 4.30. The average molecular weight is 240 g/mol. The maximum atomic E-state index is 4.68. The molecule has 1 N–H and O–H groups in total. The van der Waals surface area contributed by atoms with E-state index in [9.17, 15) is 0 Å². The lowest BCUT2D eigenvalue weighted by Gasteiger charge is -2.34. The molecule has 16 heavy (non-hydrogen) atoms. The van der Waals surface area contributed by atoms with E-state index in [4.69, 9.17) is 0 Å². The van der Waals surface area contributed by atoms with Gasteiger partial charge in [-0.15, -0.1) is 12.4 Å². The van der Waals surface area contributed by atoms with Gasteiger partial charge in [0.15, 0.2) is 0 Å². The molecule has 1 aliphatic carbocycles. The van der Waals surface area contributed by atoms with Crippen molar-refractivity contribution in [3.05, 3.63) is 23.3 Å². The maximum absolute atomic E-state index is 4.68. The number of hydrogen-bond acceptors (Lipinski definition) is 3. The SMILES string of the molecule is Cc1ncc2c(n1)C1(CCCNC1)CC2.Cl. The molecule has 2 aliphatic rings. The number of aromatic nitrogens is 2. The summed E-state index contributed by atoms with van der Waals surface area (Å²) < 4.78 is 0. The quantitative estimate of drug-likeness (QED) is 0.750. The van der Waals surface area contributed by atoms with Gasteiger partial charge < -0.3 is 5.32 Å².